The van der Waals surface area contributed by atoms with Gasteiger partial charge in [-0.2, -0.15) is 0 Å². The van der Waals surface area contributed by atoms with Gasteiger partial charge in [0.15, 0.2) is 0 Å². The molecule has 182 valence electrons. The van der Waals surface area contributed by atoms with Crippen molar-refractivity contribution in [3.05, 3.63) is 75.9 Å². The van der Waals surface area contributed by atoms with Gasteiger partial charge in [0.25, 0.3) is 35.4 Å². The minimum Gasteiger partial charge on any atom is -0.298 e. The van der Waals surface area contributed by atoms with Gasteiger partial charge in [-0.1, -0.05) is 39.5 Å². The average Bonchev–Trinajstić information content (AvgIpc) is 2.86. The van der Waals surface area contributed by atoms with Gasteiger partial charge < -0.3 is 0 Å². The molecule has 0 radical (unpaired) electrons. The Morgan fingerprint density at radius 3 is 0.706 bits per heavy atom. The second-order valence-electron chi connectivity index (χ2n) is 6.55. The number of hydrogen-bond donors (Lipinski definition) is 0. The fourth-order valence-corrected chi connectivity index (χ4v) is 2.71. The topological polar surface area (TPSA) is 115 Å². The Bertz CT molecular complexity index is 718. The molecule has 0 aromatic rings. The first-order valence-corrected chi connectivity index (χ1v) is 10.1. The normalized spacial score (nSPS) is 9.79. The van der Waals surface area contributed by atoms with Gasteiger partial charge in [-0.3, -0.25) is 48.4 Å². The number of carbonyl (C=O) groups is 6. The zero-order valence-electron chi connectivity index (χ0n) is 19.2. The van der Waals surface area contributed by atoms with Crippen LogP contribution >= 0.6 is 0 Å². The van der Waals surface area contributed by atoms with Crippen LogP contribution in [0, 0.1) is 0 Å². The van der Waals surface area contributed by atoms with E-state index in [9.17, 15) is 28.8 Å². The highest BCUT2D eigenvalue weighted by molar-refractivity contribution is 6.05. The summed E-state index contributed by atoms with van der Waals surface area (Å²) >= 11 is 0. The molecular formula is C24H30N4O6. The molecule has 0 aromatic carbocycles. The summed E-state index contributed by atoms with van der Waals surface area (Å²) in [5.74, 6) is -3.83. The summed E-state index contributed by atoms with van der Waals surface area (Å²) in [5, 5.41) is 0. The molecule has 0 saturated heterocycles. The fraction of sp³-hybridized carbons (Fsp3) is 0.250. The summed E-state index contributed by atoms with van der Waals surface area (Å²) in [4.78, 5) is 76.7. The Kier molecular flexibility index (Phi) is 13.7. The molecule has 10 nitrogen and oxygen atoms in total. The smallest absolute Gasteiger partial charge is 0.252 e. The van der Waals surface area contributed by atoms with E-state index in [-0.39, 0.29) is 39.3 Å². The molecule has 0 unspecified atom stereocenters. The van der Waals surface area contributed by atoms with E-state index >= 15 is 0 Å². The van der Waals surface area contributed by atoms with Crippen molar-refractivity contribution in [1.29, 1.82) is 0 Å². The van der Waals surface area contributed by atoms with Gasteiger partial charge in [0, 0.05) is 39.3 Å². The third kappa shape index (κ3) is 9.13. The van der Waals surface area contributed by atoms with E-state index in [1.54, 1.807) is 4.90 Å². The largest absolute Gasteiger partial charge is 0.298 e. The van der Waals surface area contributed by atoms with E-state index in [1.807, 2.05) is 0 Å². The Balaban J connectivity index is 5.74. The van der Waals surface area contributed by atoms with Gasteiger partial charge in [-0.05, 0) is 36.5 Å². The predicted octanol–water partition coefficient (Wildman–Crippen LogP) is 0.470. The van der Waals surface area contributed by atoms with Gasteiger partial charge in [0.1, 0.15) is 0 Å². The van der Waals surface area contributed by atoms with Crippen LogP contribution < -0.4 is 0 Å². The highest BCUT2D eigenvalue weighted by Crippen LogP contribution is 2.02. The van der Waals surface area contributed by atoms with Crippen molar-refractivity contribution in [2.45, 2.75) is 0 Å². The number of amides is 6. The van der Waals surface area contributed by atoms with Crippen molar-refractivity contribution in [2.24, 2.45) is 0 Å². The Hall–Kier alpha value is -4.18. The molecular weight excluding hydrogens is 440 g/mol. The third-order valence-electron chi connectivity index (χ3n) is 4.56. The molecule has 0 aromatic heterocycles. The first-order chi connectivity index (χ1) is 16.1. The van der Waals surface area contributed by atoms with Crippen molar-refractivity contribution in [1.82, 2.24) is 19.6 Å². The number of imide groups is 3. The number of hydrogen-bond acceptors (Lipinski definition) is 7. The van der Waals surface area contributed by atoms with Gasteiger partial charge in [-0.15, -0.1) is 0 Å². The SMILES string of the molecule is C=CC(=O)N(CCN(CCN(C(=O)C=C)C(=O)C=C)CCN(C(=O)C=C)C(=O)C=C)C(=O)C=C. The van der Waals surface area contributed by atoms with Crippen LogP contribution in [0.2, 0.25) is 0 Å². The maximum absolute atomic E-state index is 12.1. The molecule has 6 amide bonds. The standard InChI is InChI=1S/C24H30N4O6/c1-7-19(29)26(20(30)8-2)16-13-25(14-17-27(21(31)9-3)22(32)10-4)15-18-28(23(33)11-5)24(34)12-6/h7-12H,1-6,13-18H2. The summed E-state index contributed by atoms with van der Waals surface area (Å²) in [7, 11) is 0. The van der Waals surface area contributed by atoms with E-state index < -0.39 is 35.4 Å². The number of nitrogens with zero attached hydrogens (tertiary/aromatic N) is 4. The zero-order valence-corrected chi connectivity index (χ0v) is 19.2. The Morgan fingerprint density at radius 2 is 0.559 bits per heavy atom. The maximum atomic E-state index is 12.1. The molecule has 0 aliphatic heterocycles. The molecule has 0 saturated carbocycles. The molecule has 0 fully saturated rings. The van der Waals surface area contributed by atoms with E-state index in [1.165, 1.54) is 0 Å². The van der Waals surface area contributed by atoms with E-state index in [4.69, 9.17) is 0 Å². The molecule has 0 atom stereocenters. The second-order valence-corrected chi connectivity index (χ2v) is 6.55. The molecule has 0 rings (SSSR count). The van der Waals surface area contributed by atoms with Gasteiger partial charge in [-0.25, -0.2) is 0 Å². The quantitative estimate of drug-likeness (QED) is 0.320. The molecule has 0 N–H and O–H groups in total. The number of rotatable bonds is 15. The van der Waals surface area contributed by atoms with Crippen molar-refractivity contribution < 1.29 is 28.8 Å². The summed E-state index contributed by atoms with van der Waals surface area (Å²) in [6, 6.07) is 0. The van der Waals surface area contributed by atoms with Crippen LogP contribution in [-0.4, -0.2) is 94.3 Å². The average molecular weight is 471 g/mol. The van der Waals surface area contributed by atoms with Gasteiger partial charge in [0.2, 0.25) is 0 Å². The van der Waals surface area contributed by atoms with Crippen molar-refractivity contribution in [3.63, 3.8) is 0 Å². The van der Waals surface area contributed by atoms with Crippen LogP contribution in [0.4, 0.5) is 0 Å². The lowest BCUT2D eigenvalue weighted by atomic mass is 10.3. The summed E-state index contributed by atoms with van der Waals surface area (Å²) in [6.45, 7) is 20.2. The molecule has 0 aliphatic carbocycles. The van der Waals surface area contributed by atoms with E-state index in [0.29, 0.717) is 0 Å². The first-order valence-electron chi connectivity index (χ1n) is 10.1. The van der Waals surface area contributed by atoms with Crippen LogP contribution in [0.1, 0.15) is 0 Å². The minimum atomic E-state index is -0.638. The third-order valence-corrected chi connectivity index (χ3v) is 4.56. The zero-order chi connectivity index (χ0) is 26.3. The van der Waals surface area contributed by atoms with Crippen molar-refractivity contribution in [2.75, 3.05) is 39.3 Å². The highest BCUT2D eigenvalue weighted by atomic mass is 16.2. The first kappa shape index (κ1) is 29.8. The fourth-order valence-electron chi connectivity index (χ4n) is 2.71. The van der Waals surface area contributed by atoms with E-state index in [0.717, 1.165) is 51.2 Å². The molecule has 34 heavy (non-hydrogen) atoms. The molecule has 10 heteroatoms. The van der Waals surface area contributed by atoms with Gasteiger partial charge in [0.05, 0.1) is 0 Å². The Morgan fingerprint density at radius 1 is 0.382 bits per heavy atom. The summed E-state index contributed by atoms with van der Waals surface area (Å²) < 4.78 is 0. The summed E-state index contributed by atoms with van der Waals surface area (Å²) in [6.07, 6.45) is 5.87. The lowest BCUT2D eigenvalue weighted by molar-refractivity contribution is -0.139. The van der Waals surface area contributed by atoms with Crippen LogP contribution in [0.3, 0.4) is 0 Å². The van der Waals surface area contributed by atoms with Crippen LogP contribution in [-0.2, 0) is 28.8 Å². The second kappa shape index (κ2) is 15.6. The van der Waals surface area contributed by atoms with Gasteiger partial charge >= 0.3 is 0 Å². The highest BCUT2D eigenvalue weighted by Gasteiger charge is 2.22. The molecule has 0 bridgehead atoms. The lowest BCUT2D eigenvalue weighted by Gasteiger charge is -2.29. The van der Waals surface area contributed by atoms with Crippen molar-refractivity contribution in [3.8, 4) is 0 Å². The van der Waals surface area contributed by atoms with Crippen LogP contribution in [0.5, 0.6) is 0 Å². The lowest BCUT2D eigenvalue weighted by Crippen LogP contribution is -2.47. The summed E-state index contributed by atoms with van der Waals surface area (Å²) in [5.41, 5.74) is 0. The monoisotopic (exact) mass is 470 g/mol. The molecule has 0 heterocycles. The molecule has 0 spiro atoms. The predicted molar refractivity (Wildman–Crippen MR) is 128 cm³/mol. The van der Waals surface area contributed by atoms with Crippen LogP contribution in [0.15, 0.2) is 75.9 Å². The van der Waals surface area contributed by atoms with E-state index in [2.05, 4.69) is 39.5 Å². The maximum Gasteiger partial charge on any atom is 0.252 e. The van der Waals surface area contributed by atoms with Crippen LogP contribution in [0.25, 0.3) is 0 Å². The number of carbonyl (C=O) groups excluding carboxylic acids is 6. The minimum absolute atomic E-state index is 0.0780. The van der Waals surface area contributed by atoms with Crippen molar-refractivity contribution >= 4 is 35.4 Å². The molecule has 0 aliphatic rings. The Labute approximate surface area is 199 Å².